The summed E-state index contributed by atoms with van der Waals surface area (Å²) in [6.45, 7) is 4.40. The van der Waals surface area contributed by atoms with Gasteiger partial charge in [0.05, 0.1) is 11.3 Å². The van der Waals surface area contributed by atoms with Crippen molar-refractivity contribution in [2.24, 2.45) is 0 Å². The van der Waals surface area contributed by atoms with Crippen LogP contribution in [0.5, 0.6) is 5.75 Å². The van der Waals surface area contributed by atoms with E-state index in [9.17, 15) is 14.9 Å². The van der Waals surface area contributed by atoms with Crippen molar-refractivity contribution in [2.45, 2.75) is 19.4 Å². The predicted octanol–water partition coefficient (Wildman–Crippen LogP) is 1.81. The van der Waals surface area contributed by atoms with Gasteiger partial charge in [0.15, 0.2) is 6.10 Å². The molecule has 1 aromatic carbocycles. The number of ether oxygens (including phenoxy) is 1. The summed E-state index contributed by atoms with van der Waals surface area (Å²) in [5.74, 6) is 1.21. The Morgan fingerprint density at radius 1 is 1.20 bits per heavy atom. The lowest BCUT2D eigenvalue weighted by molar-refractivity contribution is -0.131. The summed E-state index contributed by atoms with van der Waals surface area (Å²) in [5, 5.41) is 9.27. The van der Waals surface area contributed by atoms with E-state index in [1.54, 1.807) is 30.2 Å². The van der Waals surface area contributed by atoms with E-state index in [0.29, 0.717) is 55.5 Å². The van der Waals surface area contributed by atoms with Crippen LogP contribution in [0.1, 0.15) is 18.9 Å². The average molecular weight is 405 g/mol. The van der Waals surface area contributed by atoms with Crippen LogP contribution in [0.2, 0.25) is 0 Å². The molecule has 0 aliphatic carbocycles. The SMILES string of the molecule is CC1Oc2ccccc2N(CCC(=O)N2CCN(c3ncccc3C#N)CC2)C1=O. The molecule has 30 heavy (non-hydrogen) atoms. The Morgan fingerprint density at radius 2 is 1.97 bits per heavy atom. The minimum atomic E-state index is -0.564. The Balaban J connectivity index is 1.36. The fourth-order valence-electron chi connectivity index (χ4n) is 3.86. The highest BCUT2D eigenvalue weighted by molar-refractivity contribution is 6.00. The second-order valence-corrected chi connectivity index (χ2v) is 7.32. The molecule has 8 nitrogen and oxygen atoms in total. The molecule has 2 aliphatic heterocycles. The van der Waals surface area contributed by atoms with E-state index in [1.807, 2.05) is 34.1 Å². The Kier molecular flexibility index (Phi) is 5.53. The molecule has 1 saturated heterocycles. The first-order chi connectivity index (χ1) is 14.6. The van der Waals surface area contributed by atoms with Crippen molar-refractivity contribution in [3.8, 4) is 11.8 Å². The monoisotopic (exact) mass is 405 g/mol. The third-order valence-electron chi connectivity index (χ3n) is 5.46. The number of nitrogens with zero attached hydrogens (tertiary/aromatic N) is 5. The van der Waals surface area contributed by atoms with Crippen molar-refractivity contribution in [2.75, 3.05) is 42.5 Å². The smallest absolute Gasteiger partial charge is 0.267 e. The number of carbonyl (C=O) groups is 2. The molecule has 1 aromatic heterocycles. The van der Waals surface area contributed by atoms with E-state index in [-0.39, 0.29) is 18.2 Å². The normalized spacial score (nSPS) is 18.5. The molecule has 0 bridgehead atoms. The number of fused-ring (bicyclic) bond motifs is 1. The number of pyridine rings is 1. The molecule has 154 valence electrons. The van der Waals surface area contributed by atoms with Crippen LogP contribution in [0.25, 0.3) is 0 Å². The van der Waals surface area contributed by atoms with Crippen LogP contribution < -0.4 is 14.5 Å². The van der Waals surface area contributed by atoms with E-state index in [4.69, 9.17) is 4.74 Å². The summed E-state index contributed by atoms with van der Waals surface area (Å²) in [6.07, 6.45) is 1.36. The summed E-state index contributed by atoms with van der Waals surface area (Å²) in [5.41, 5.74) is 1.24. The molecule has 1 fully saturated rings. The van der Waals surface area contributed by atoms with Crippen molar-refractivity contribution in [1.29, 1.82) is 5.26 Å². The van der Waals surface area contributed by atoms with Crippen LogP contribution in [-0.2, 0) is 9.59 Å². The van der Waals surface area contributed by atoms with Gasteiger partial charge in [-0.25, -0.2) is 4.98 Å². The molecule has 0 radical (unpaired) electrons. The Morgan fingerprint density at radius 3 is 2.73 bits per heavy atom. The van der Waals surface area contributed by atoms with Gasteiger partial charge in [-0.3, -0.25) is 9.59 Å². The van der Waals surface area contributed by atoms with Crippen LogP contribution >= 0.6 is 0 Å². The topological polar surface area (TPSA) is 89.8 Å². The minimum absolute atomic E-state index is 0.0144. The molecule has 0 saturated carbocycles. The van der Waals surface area contributed by atoms with E-state index in [2.05, 4.69) is 11.1 Å². The fourth-order valence-corrected chi connectivity index (χ4v) is 3.86. The summed E-state index contributed by atoms with van der Waals surface area (Å²) in [6, 6.07) is 13.0. The number of benzene rings is 1. The van der Waals surface area contributed by atoms with Gasteiger partial charge < -0.3 is 19.4 Å². The van der Waals surface area contributed by atoms with Crippen LogP contribution in [0.3, 0.4) is 0 Å². The van der Waals surface area contributed by atoms with Gasteiger partial charge >= 0.3 is 0 Å². The summed E-state index contributed by atoms with van der Waals surface area (Å²) >= 11 is 0. The quantitative estimate of drug-likeness (QED) is 0.771. The minimum Gasteiger partial charge on any atom is -0.479 e. The molecular formula is C22H23N5O3. The summed E-state index contributed by atoms with van der Waals surface area (Å²) in [4.78, 5) is 35.2. The molecule has 4 rings (SSSR count). The second-order valence-electron chi connectivity index (χ2n) is 7.32. The third-order valence-corrected chi connectivity index (χ3v) is 5.46. The van der Waals surface area contributed by atoms with Crippen LogP contribution in [0.15, 0.2) is 42.6 Å². The lowest BCUT2D eigenvalue weighted by atomic mass is 10.1. The second kappa shape index (κ2) is 8.41. The van der Waals surface area contributed by atoms with Crippen molar-refractivity contribution in [3.05, 3.63) is 48.2 Å². The van der Waals surface area contributed by atoms with Gasteiger partial charge in [-0.2, -0.15) is 5.26 Å². The number of aromatic nitrogens is 1. The molecule has 3 heterocycles. The maximum atomic E-state index is 12.8. The molecule has 8 heteroatoms. The first kappa shape index (κ1) is 19.7. The first-order valence-electron chi connectivity index (χ1n) is 10.0. The van der Waals surface area contributed by atoms with Crippen molar-refractivity contribution in [1.82, 2.24) is 9.88 Å². The number of hydrogen-bond donors (Lipinski definition) is 0. The van der Waals surface area contributed by atoms with Crippen LogP contribution in [0.4, 0.5) is 11.5 Å². The zero-order valence-corrected chi connectivity index (χ0v) is 16.8. The number of para-hydroxylation sites is 2. The largest absolute Gasteiger partial charge is 0.479 e. The number of piperazine rings is 1. The van der Waals surface area contributed by atoms with Crippen molar-refractivity contribution >= 4 is 23.3 Å². The maximum Gasteiger partial charge on any atom is 0.267 e. The molecule has 1 atom stereocenters. The highest BCUT2D eigenvalue weighted by Gasteiger charge is 2.32. The number of anilines is 2. The molecular weight excluding hydrogens is 382 g/mol. The van der Waals surface area contributed by atoms with Crippen molar-refractivity contribution < 1.29 is 14.3 Å². The molecule has 2 aliphatic rings. The van der Waals surface area contributed by atoms with Gasteiger partial charge in [0.2, 0.25) is 5.91 Å². The van der Waals surface area contributed by atoms with Gasteiger partial charge in [0.1, 0.15) is 17.6 Å². The summed E-state index contributed by atoms with van der Waals surface area (Å²) in [7, 11) is 0. The van der Waals surface area contributed by atoms with Crippen LogP contribution in [0, 0.1) is 11.3 Å². The maximum absolute atomic E-state index is 12.8. The van der Waals surface area contributed by atoms with E-state index in [1.165, 1.54) is 0 Å². The first-order valence-corrected chi connectivity index (χ1v) is 10.0. The lowest BCUT2D eigenvalue weighted by Gasteiger charge is -2.36. The zero-order chi connectivity index (χ0) is 21.1. The van der Waals surface area contributed by atoms with E-state index >= 15 is 0 Å². The molecule has 0 N–H and O–H groups in total. The molecule has 2 amide bonds. The number of amides is 2. The number of rotatable bonds is 4. The van der Waals surface area contributed by atoms with Gasteiger partial charge in [-0.15, -0.1) is 0 Å². The highest BCUT2D eigenvalue weighted by Crippen LogP contribution is 2.33. The zero-order valence-electron chi connectivity index (χ0n) is 16.8. The van der Waals surface area contributed by atoms with Gasteiger partial charge in [0, 0.05) is 45.3 Å². The fraction of sp³-hybridized carbons (Fsp3) is 0.364. The Labute approximate surface area is 175 Å². The third kappa shape index (κ3) is 3.79. The molecule has 1 unspecified atom stereocenters. The number of carbonyl (C=O) groups excluding carboxylic acids is 2. The van der Waals surface area contributed by atoms with E-state index < -0.39 is 6.10 Å². The standard InChI is InChI=1S/C22H23N5O3/c1-16-22(29)27(18-6-2-3-7-19(18)30-16)10-8-20(28)25-11-13-26(14-12-25)21-17(15-23)5-4-9-24-21/h2-7,9,16H,8,10-14H2,1H3. The molecule has 2 aromatic rings. The van der Waals surface area contributed by atoms with Crippen molar-refractivity contribution in [3.63, 3.8) is 0 Å². The average Bonchev–Trinajstić information content (AvgIpc) is 2.79. The Bertz CT molecular complexity index is 994. The highest BCUT2D eigenvalue weighted by atomic mass is 16.5. The predicted molar refractivity (Wildman–Crippen MR) is 111 cm³/mol. The summed E-state index contributed by atoms with van der Waals surface area (Å²) < 4.78 is 5.65. The van der Waals surface area contributed by atoms with Gasteiger partial charge in [0.25, 0.3) is 5.91 Å². The van der Waals surface area contributed by atoms with Gasteiger partial charge in [-0.05, 0) is 31.2 Å². The molecule has 0 spiro atoms. The number of hydrogen-bond acceptors (Lipinski definition) is 6. The Hall–Kier alpha value is -3.60. The lowest BCUT2D eigenvalue weighted by Crippen LogP contribution is -2.50. The van der Waals surface area contributed by atoms with E-state index in [0.717, 1.165) is 0 Å². The van der Waals surface area contributed by atoms with Crippen LogP contribution in [-0.4, -0.2) is 60.5 Å². The number of nitriles is 1. The van der Waals surface area contributed by atoms with Gasteiger partial charge in [-0.1, -0.05) is 12.1 Å².